The average molecular weight is 300 g/mol. The quantitative estimate of drug-likeness (QED) is 0.856. The van der Waals surface area contributed by atoms with E-state index < -0.39 is 10.0 Å². The Hall–Kier alpha value is -2.14. The van der Waals surface area contributed by atoms with Crippen LogP contribution in [0.15, 0.2) is 51.8 Å². The number of nitrogens with zero attached hydrogens (tertiary/aromatic N) is 2. The molecular formula is C16H16N2O2S. The maximum atomic E-state index is 12.0. The Labute approximate surface area is 124 Å². The van der Waals surface area contributed by atoms with E-state index in [-0.39, 0.29) is 4.90 Å². The van der Waals surface area contributed by atoms with Crippen molar-refractivity contribution in [2.45, 2.75) is 25.3 Å². The second-order valence-electron chi connectivity index (χ2n) is 5.22. The summed E-state index contributed by atoms with van der Waals surface area (Å²) in [7, 11) is -3.57. The fourth-order valence-corrected chi connectivity index (χ4v) is 3.44. The van der Waals surface area contributed by atoms with E-state index in [1.807, 2.05) is 49.1 Å². The lowest BCUT2D eigenvalue weighted by Gasteiger charge is -2.26. The third kappa shape index (κ3) is 2.56. The van der Waals surface area contributed by atoms with E-state index in [1.165, 1.54) is 11.9 Å². The van der Waals surface area contributed by atoms with Crippen LogP contribution in [0.2, 0.25) is 0 Å². The largest absolute Gasteiger partial charge is 0.326 e. The van der Waals surface area contributed by atoms with Crippen LogP contribution in [0.25, 0.3) is 0 Å². The summed E-state index contributed by atoms with van der Waals surface area (Å²) in [6, 6.07) is 13.4. The van der Waals surface area contributed by atoms with E-state index in [0.29, 0.717) is 12.2 Å². The summed E-state index contributed by atoms with van der Waals surface area (Å²) in [5, 5.41) is 0. The number of hydrogen-bond acceptors (Lipinski definition) is 3. The maximum absolute atomic E-state index is 12.0. The first-order valence-corrected chi connectivity index (χ1v) is 8.14. The Bertz CT molecular complexity index is 826. The van der Waals surface area contributed by atoms with Gasteiger partial charge in [0.25, 0.3) is 10.0 Å². The number of sulfonamides is 1. The molecule has 0 unspecified atom stereocenters. The van der Waals surface area contributed by atoms with Crippen molar-refractivity contribution in [3.63, 3.8) is 0 Å². The number of rotatable bonds is 2. The summed E-state index contributed by atoms with van der Waals surface area (Å²) in [5.41, 5.74) is 4.03. The van der Waals surface area contributed by atoms with Crippen LogP contribution in [0, 0.1) is 13.8 Å². The molecule has 0 aromatic heterocycles. The SMILES string of the molecule is Cc1ccc2c(c1)N(Cc1ccccc1C)C=NS2(=O)=O. The minimum absolute atomic E-state index is 0.268. The Morgan fingerprint density at radius 3 is 2.62 bits per heavy atom. The Morgan fingerprint density at radius 1 is 1.10 bits per heavy atom. The molecule has 1 heterocycles. The molecule has 2 aromatic carbocycles. The highest BCUT2D eigenvalue weighted by Gasteiger charge is 2.25. The number of anilines is 1. The van der Waals surface area contributed by atoms with Gasteiger partial charge in [-0.25, -0.2) is 0 Å². The van der Waals surface area contributed by atoms with Crippen LogP contribution in [0.4, 0.5) is 5.69 Å². The lowest BCUT2D eigenvalue weighted by atomic mass is 10.1. The van der Waals surface area contributed by atoms with Crippen molar-refractivity contribution < 1.29 is 8.42 Å². The monoisotopic (exact) mass is 300 g/mol. The highest BCUT2D eigenvalue weighted by molar-refractivity contribution is 7.90. The second kappa shape index (κ2) is 5.00. The molecule has 0 fully saturated rings. The molecule has 0 N–H and O–H groups in total. The molecule has 4 nitrogen and oxygen atoms in total. The van der Waals surface area contributed by atoms with E-state index in [9.17, 15) is 8.42 Å². The molecule has 0 spiro atoms. The van der Waals surface area contributed by atoms with E-state index >= 15 is 0 Å². The summed E-state index contributed by atoms with van der Waals surface area (Å²) in [4.78, 5) is 2.15. The van der Waals surface area contributed by atoms with Gasteiger partial charge in [-0.15, -0.1) is 4.40 Å². The van der Waals surface area contributed by atoms with Crippen LogP contribution in [0.1, 0.15) is 16.7 Å². The van der Waals surface area contributed by atoms with E-state index in [2.05, 4.69) is 4.40 Å². The van der Waals surface area contributed by atoms with Crippen LogP contribution in [-0.2, 0) is 16.6 Å². The molecule has 2 aromatic rings. The zero-order chi connectivity index (χ0) is 15.0. The smallest absolute Gasteiger partial charge is 0.285 e. The third-order valence-electron chi connectivity index (χ3n) is 3.63. The Kier molecular flexibility index (Phi) is 3.29. The van der Waals surface area contributed by atoms with Crippen molar-refractivity contribution >= 4 is 22.0 Å². The van der Waals surface area contributed by atoms with Crippen LogP contribution >= 0.6 is 0 Å². The summed E-state index contributed by atoms with van der Waals surface area (Å²) < 4.78 is 27.8. The molecule has 0 bridgehead atoms. The minimum Gasteiger partial charge on any atom is -0.326 e. The van der Waals surface area contributed by atoms with E-state index in [0.717, 1.165) is 11.1 Å². The first-order valence-electron chi connectivity index (χ1n) is 6.70. The maximum Gasteiger partial charge on any atom is 0.285 e. The summed E-state index contributed by atoms with van der Waals surface area (Å²) in [6.45, 7) is 4.59. The van der Waals surface area contributed by atoms with Gasteiger partial charge in [-0.2, -0.15) is 8.42 Å². The molecule has 1 aliphatic heterocycles. The van der Waals surface area contributed by atoms with Crippen molar-refractivity contribution in [3.8, 4) is 0 Å². The highest BCUT2D eigenvalue weighted by atomic mass is 32.2. The van der Waals surface area contributed by atoms with Crippen molar-refractivity contribution in [1.29, 1.82) is 0 Å². The molecule has 0 amide bonds. The number of aryl methyl sites for hydroxylation is 2. The predicted octanol–water partition coefficient (Wildman–Crippen LogP) is 3.04. The van der Waals surface area contributed by atoms with Crippen molar-refractivity contribution in [1.82, 2.24) is 0 Å². The Morgan fingerprint density at radius 2 is 1.86 bits per heavy atom. The zero-order valence-corrected chi connectivity index (χ0v) is 12.8. The molecule has 0 aliphatic carbocycles. The van der Waals surface area contributed by atoms with Gasteiger partial charge < -0.3 is 4.90 Å². The fourth-order valence-electron chi connectivity index (χ4n) is 2.40. The van der Waals surface area contributed by atoms with Gasteiger partial charge in [-0.1, -0.05) is 30.3 Å². The van der Waals surface area contributed by atoms with Gasteiger partial charge in [-0.3, -0.25) is 0 Å². The van der Waals surface area contributed by atoms with Crippen LogP contribution in [-0.4, -0.2) is 14.8 Å². The van der Waals surface area contributed by atoms with Gasteiger partial charge >= 0.3 is 0 Å². The van der Waals surface area contributed by atoms with Crippen LogP contribution in [0.3, 0.4) is 0 Å². The summed E-state index contributed by atoms with van der Waals surface area (Å²) in [6.07, 6.45) is 1.41. The molecule has 3 rings (SSSR count). The first-order chi connectivity index (χ1) is 9.97. The van der Waals surface area contributed by atoms with E-state index in [1.54, 1.807) is 12.1 Å². The normalized spacial score (nSPS) is 15.8. The van der Waals surface area contributed by atoms with Gasteiger partial charge in [-0.05, 0) is 42.7 Å². The number of hydrogen-bond donors (Lipinski definition) is 0. The molecule has 1 aliphatic rings. The fraction of sp³-hybridized carbons (Fsp3) is 0.188. The number of fused-ring (bicyclic) bond motifs is 1. The van der Waals surface area contributed by atoms with Gasteiger partial charge in [0.1, 0.15) is 11.2 Å². The van der Waals surface area contributed by atoms with Gasteiger partial charge in [0, 0.05) is 6.54 Å². The highest BCUT2D eigenvalue weighted by Crippen LogP contribution is 2.31. The second-order valence-corrected chi connectivity index (χ2v) is 6.82. The lowest BCUT2D eigenvalue weighted by molar-refractivity contribution is 0.597. The summed E-state index contributed by atoms with van der Waals surface area (Å²) in [5.74, 6) is 0. The van der Waals surface area contributed by atoms with Gasteiger partial charge in [0.05, 0.1) is 5.69 Å². The molecule has 108 valence electrons. The molecule has 21 heavy (non-hydrogen) atoms. The first kappa shape index (κ1) is 13.8. The minimum atomic E-state index is -3.57. The van der Waals surface area contributed by atoms with Gasteiger partial charge in [0.15, 0.2) is 0 Å². The third-order valence-corrected chi connectivity index (χ3v) is 4.90. The van der Waals surface area contributed by atoms with Crippen LogP contribution in [0.5, 0.6) is 0 Å². The molecule has 0 radical (unpaired) electrons. The van der Waals surface area contributed by atoms with Crippen molar-refractivity contribution in [2.24, 2.45) is 4.40 Å². The molecule has 0 saturated carbocycles. The topological polar surface area (TPSA) is 49.7 Å². The lowest BCUT2D eigenvalue weighted by Crippen LogP contribution is -2.27. The van der Waals surface area contributed by atoms with Gasteiger partial charge in [0.2, 0.25) is 0 Å². The zero-order valence-electron chi connectivity index (χ0n) is 11.9. The van der Waals surface area contributed by atoms with E-state index in [4.69, 9.17) is 0 Å². The number of benzene rings is 2. The standard InChI is InChI=1S/C16H16N2O2S/c1-12-7-8-16-15(9-12)18(11-17-21(16,19)20)10-14-6-4-3-5-13(14)2/h3-9,11H,10H2,1-2H3. The average Bonchev–Trinajstić information content (AvgIpc) is 2.44. The predicted molar refractivity (Wildman–Crippen MR) is 84.2 cm³/mol. The molecule has 0 atom stereocenters. The Balaban J connectivity index is 2.06. The van der Waals surface area contributed by atoms with Crippen molar-refractivity contribution in [2.75, 3.05) is 4.90 Å². The van der Waals surface area contributed by atoms with Crippen LogP contribution < -0.4 is 4.90 Å². The molecular weight excluding hydrogens is 284 g/mol. The molecule has 5 heteroatoms. The summed E-state index contributed by atoms with van der Waals surface area (Å²) >= 11 is 0. The molecule has 0 saturated heterocycles. The van der Waals surface area contributed by atoms with Crippen molar-refractivity contribution in [3.05, 3.63) is 59.2 Å².